The van der Waals surface area contributed by atoms with E-state index in [0.29, 0.717) is 11.4 Å². The molecular formula is C16H21ClN2O2. The lowest BCUT2D eigenvalue weighted by molar-refractivity contribution is -0.138. The molecule has 2 aliphatic heterocycles. The van der Waals surface area contributed by atoms with Crippen LogP contribution in [-0.2, 0) is 10.3 Å². The molecule has 0 saturated carbocycles. The molecule has 0 bridgehead atoms. The van der Waals surface area contributed by atoms with Gasteiger partial charge in [0.25, 0.3) is 0 Å². The summed E-state index contributed by atoms with van der Waals surface area (Å²) in [6, 6.07) is 6.92. The summed E-state index contributed by atoms with van der Waals surface area (Å²) in [5.41, 5.74) is 5.75. The number of fused-ring (bicyclic) bond motifs is 1. The van der Waals surface area contributed by atoms with Gasteiger partial charge in [-0.2, -0.15) is 0 Å². The number of halogens is 1. The fourth-order valence-corrected chi connectivity index (χ4v) is 4.07. The minimum atomic E-state index is -0.937. The van der Waals surface area contributed by atoms with E-state index >= 15 is 0 Å². The first-order chi connectivity index (χ1) is 9.75. The van der Waals surface area contributed by atoms with Crippen molar-refractivity contribution in [1.82, 2.24) is 4.90 Å². The van der Waals surface area contributed by atoms with Gasteiger partial charge >= 0.3 is 0 Å². The van der Waals surface area contributed by atoms with E-state index in [1.54, 1.807) is 13.8 Å². The third-order valence-corrected chi connectivity index (χ3v) is 5.17. The molecule has 2 fully saturated rings. The highest BCUT2D eigenvalue weighted by Crippen LogP contribution is 2.51. The molecule has 0 spiro atoms. The third kappa shape index (κ3) is 2.17. The van der Waals surface area contributed by atoms with Gasteiger partial charge in [-0.3, -0.25) is 4.79 Å². The Hall–Kier alpha value is -1.10. The highest BCUT2D eigenvalue weighted by Gasteiger charge is 2.59. The normalized spacial score (nSPS) is 32.6. The number of carbonyl (C=O) groups is 1. The number of benzene rings is 1. The Morgan fingerprint density at radius 2 is 2.00 bits per heavy atom. The maximum absolute atomic E-state index is 12.6. The van der Waals surface area contributed by atoms with Gasteiger partial charge < -0.3 is 15.7 Å². The number of rotatable bonds is 2. The smallest absolute Gasteiger partial charge is 0.240 e. The van der Waals surface area contributed by atoms with Crippen molar-refractivity contribution in [1.29, 1.82) is 0 Å². The number of hydrogen-bond acceptors (Lipinski definition) is 3. The number of hydrogen-bond donors (Lipinski definition) is 2. The number of nitrogens with two attached hydrogens (primary N) is 1. The number of carbonyl (C=O) groups excluding carboxylic acids is 1. The van der Waals surface area contributed by atoms with Crippen molar-refractivity contribution in [3.8, 4) is 0 Å². The van der Waals surface area contributed by atoms with Crippen LogP contribution in [0, 0.1) is 0 Å². The summed E-state index contributed by atoms with van der Waals surface area (Å²) in [5.74, 6) is -0.0606. The lowest BCUT2D eigenvalue weighted by Gasteiger charge is -2.39. The lowest BCUT2D eigenvalue weighted by Crippen LogP contribution is -2.52. The van der Waals surface area contributed by atoms with E-state index in [9.17, 15) is 9.90 Å². The van der Waals surface area contributed by atoms with E-state index in [0.717, 1.165) is 18.4 Å². The van der Waals surface area contributed by atoms with Crippen LogP contribution in [0.3, 0.4) is 0 Å². The average Bonchev–Trinajstić information content (AvgIpc) is 2.88. The monoisotopic (exact) mass is 308 g/mol. The third-order valence-electron chi connectivity index (χ3n) is 4.91. The summed E-state index contributed by atoms with van der Waals surface area (Å²) in [6.07, 6.45) is 2.20. The fourth-order valence-electron chi connectivity index (χ4n) is 3.95. The van der Waals surface area contributed by atoms with Crippen LogP contribution >= 0.6 is 11.6 Å². The van der Waals surface area contributed by atoms with Gasteiger partial charge in [0.2, 0.25) is 5.91 Å². The lowest BCUT2D eigenvalue weighted by atomic mass is 9.85. The summed E-state index contributed by atoms with van der Waals surface area (Å²) >= 11 is 5.97. The molecule has 21 heavy (non-hydrogen) atoms. The van der Waals surface area contributed by atoms with E-state index in [2.05, 4.69) is 0 Å². The molecule has 1 amide bonds. The molecule has 1 aromatic carbocycles. The van der Waals surface area contributed by atoms with Gasteiger partial charge in [0.1, 0.15) is 0 Å². The van der Waals surface area contributed by atoms with E-state index in [-0.39, 0.29) is 11.9 Å². The molecule has 3 N–H and O–H groups in total. The number of aliphatic hydroxyl groups is 1. The second-order valence-corrected chi connectivity index (χ2v) is 7.20. The molecule has 0 unspecified atom stereocenters. The van der Waals surface area contributed by atoms with Crippen LogP contribution in [0.15, 0.2) is 24.3 Å². The van der Waals surface area contributed by atoms with Crippen molar-refractivity contribution in [2.45, 2.75) is 56.3 Å². The van der Waals surface area contributed by atoms with Crippen LogP contribution in [0.4, 0.5) is 0 Å². The van der Waals surface area contributed by atoms with Crippen molar-refractivity contribution in [3.63, 3.8) is 0 Å². The van der Waals surface area contributed by atoms with Crippen LogP contribution in [0.2, 0.25) is 5.02 Å². The van der Waals surface area contributed by atoms with Gasteiger partial charge in [-0.25, -0.2) is 0 Å². The molecule has 2 saturated heterocycles. The Balaban J connectivity index is 2.08. The number of nitrogens with zero attached hydrogens (tertiary/aromatic N) is 1. The van der Waals surface area contributed by atoms with Gasteiger partial charge in [0, 0.05) is 5.02 Å². The second kappa shape index (κ2) is 4.70. The SMILES string of the molecule is CC(C)(O)[C@H]1CC[C@]2(c3ccc(Cl)cc3)C[C@H](N)C(=O)N12. The largest absolute Gasteiger partial charge is 0.388 e. The van der Waals surface area contributed by atoms with Gasteiger partial charge in [-0.1, -0.05) is 23.7 Å². The van der Waals surface area contributed by atoms with Crippen molar-refractivity contribution in [2.75, 3.05) is 0 Å². The molecule has 5 heteroatoms. The van der Waals surface area contributed by atoms with Crippen LogP contribution in [-0.4, -0.2) is 33.6 Å². The minimum absolute atomic E-state index is 0.0606. The van der Waals surface area contributed by atoms with Crippen LogP contribution in [0.1, 0.15) is 38.7 Å². The first-order valence-electron chi connectivity index (χ1n) is 7.33. The minimum Gasteiger partial charge on any atom is -0.388 e. The Labute approximate surface area is 129 Å². The Bertz CT molecular complexity index is 567. The molecule has 3 atom stereocenters. The van der Waals surface area contributed by atoms with Crippen LogP contribution < -0.4 is 5.73 Å². The molecule has 2 heterocycles. The zero-order chi connectivity index (χ0) is 15.4. The summed E-state index contributed by atoms with van der Waals surface area (Å²) < 4.78 is 0. The molecule has 1 aromatic rings. The van der Waals surface area contributed by atoms with Gasteiger partial charge in [0.15, 0.2) is 0 Å². The predicted molar refractivity (Wildman–Crippen MR) is 81.9 cm³/mol. The summed E-state index contributed by atoms with van der Waals surface area (Å²) in [5, 5.41) is 11.1. The molecule has 4 nitrogen and oxygen atoms in total. The first-order valence-corrected chi connectivity index (χ1v) is 7.71. The second-order valence-electron chi connectivity index (χ2n) is 6.77. The van der Waals surface area contributed by atoms with Crippen molar-refractivity contribution in [3.05, 3.63) is 34.9 Å². The van der Waals surface area contributed by atoms with E-state index < -0.39 is 17.2 Å². The quantitative estimate of drug-likeness (QED) is 0.878. The standard InChI is InChI=1S/C16H21ClN2O2/c1-15(2,21)13-7-8-16(9-12(18)14(20)19(13)16)10-3-5-11(17)6-4-10/h3-6,12-13,21H,7-9,18H2,1-2H3/t12-,13+,16+/m0/s1. The van der Waals surface area contributed by atoms with Crippen molar-refractivity contribution >= 4 is 17.5 Å². The molecular weight excluding hydrogens is 288 g/mol. The summed E-state index contributed by atoms with van der Waals surface area (Å²) in [6.45, 7) is 3.51. The van der Waals surface area contributed by atoms with Crippen LogP contribution in [0.25, 0.3) is 0 Å². The van der Waals surface area contributed by atoms with Crippen molar-refractivity contribution in [2.24, 2.45) is 5.73 Å². The predicted octanol–water partition coefficient (Wildman–Crippen LogP) is 2.03. The molecule has 2 aliphatic rings. The van der Waals surface area contributed by atoms with Gasteiger partial charge in [0.05, 0.1) is 23.2 Å². The maximum Gasteiger partial charge on any atom is 0.240 e. The van der Waals surface area contributed by atoms with Gasteiger partial charge in [-0.15, -0.1) is 0 Å². The zero-order valence-corrected chi connectivity index (χ0v) is 13.1. The zero-order valence-electron chi connectivity index (χ0n) is 12.3. The Morgan fingerprint density at radius 3 is 2.57 bits per heavy atom. The number of amides is 1. The highest BCUT2D eigenvalue weighted by molar-refractivity contribution is 6.30. The van der Waals surface area contributed by atoms with E-state index in [4.69, 9.17) is 17.3 Å². The Kier molecular flexibility index (Phi) is 3.32. The maximum atomic E-state index is 12.6. The first kappa shape index (κ1) is 14.8. The fraction of sp³-hybridized carbons (Fsp3) is 0.562. The Morgan fingerprint density at radius 1 is 1.38 bits per heavy atom. The highest BCUT2D eigenvalue weighted by atomic mass is 35.5. The van der Waals surface area contributed by atoms with Crippen molar-refractivity contribution < 1.29 is 9.90 Å². The molecule has 114 valence electrons. The summed E-state index contributed by atoms with van der Waals surface area (Å²) in [4.78, 5) is 14.4. The van der Waals surface area contributed by atoms with E-state index in [1.807, 2.05) is 29.2 Å². The average molecular weight is 309 g/mol. The molecule has 3 rings (SSSR count). The molecule has 0 aliphatic carbocycles. The van der Waals surface area contributed by atoms with Crippen LogP contribution in [0.5, 0.6) is 0 Å². The molecule has 0 aromatic heterocycles. The topological polar surface area (TPSA) is 66.6 Å². The summed E-state index contributed by atoms with van der Waals surface area (Å²) in [7, 11) is 0. The molecule has 0 radical (unpaired) electrons. The van der Waals surface area contributed by atoms with Gasteiger partial charge in [-0.05, 0) is 50.8 Å². The van der Waals surface area contributed by atoms with E-state index in [1.165, 1.54) is 0 Å².